The highest BCUT2D eigenvalue weighted by molar-refractivity contribution is 7.89. The molecule has 3 aromatic rings. The molecule has 1 saturated heterocycles. The van der Waals surface area contributed by atoms with E-state index in [9.17, 15) is 8.42 Å². The van der Waals surface area contributed by atoms with E-state index in [2.05, 4.69) is 29.2 Å². The van der Waals surface area contributed by atoms with Crippen LogP contribution in [0.2, 0.25) is 10.0 Å². The van der Waals surface area contributed by atoms with Gasteiger partial charge in [0.2, 0.25) is 10.0 Å². The smallest absolute Gasteiger partial charge is 0.246 e. The van der Waals surface area contributed by atoms with E-state index < -0.39 is 10.0 Å². The van der Waals surface area contributed by atoms with E-state index in [0.29, 0.717) is 26.2 Å². The second-order valence-corrected chi connectivity index (χ2v) is 10.2. The summed E-state index contributed by atoms with van der Waals surface area (Å²) in [7, 11) is -2.40. The molecule has 0 aromatic heterocycles. The number of hydrogen-bond acceptors (Lipinski definition) is 4. The van der Waals surface area contributed by atoms with Gasteiger partial charge in [-0.25, -0.2) is 8.42 Å². The molecule has 0 N–H and O–H groups in total. The van der Waals surface area contributed by atoms with Gasteiger partial charge in [0.25, 0.3) is 0 Å². The Kier molecular flexibility index (Phi) is 7.08. The highest BCUT2D eigenvalue weighted by Crippen LogP contribution is 2.39. The Balaban J connectivity index is 1.59. The summed E-state index contributed by atoms with van der Waals surface area (Å²) >= 11 is 12.2. The van der Waals surface area contributed by atoms with Crippen LogP contribution in [-0.4, -0.2) is 50.9 Å². The molecule has 0 aliphatic carbocycles. The fourth-order valence-corrected chi connectivity index (χ4v) is 6.16. The Bertz CT molecular complexity index is 1130. The molecule has 0 unspecified atom stereocenters. The molecule has 0 atom stereocenters. The molecule has 1 aliphatic heterocycles. The minimum absolute atomic E-state index is 0.0329. The van der Waals surface area contributed by atoms with E-state index in [0.717, 1.165) is 0 Å². The van der Waals surface area contributed by atoms with E-state index in [1.54, 1.807) is 0 Å². The SMILES string of the molecule is COc1c(S(=O)(=O)N2CCN(C(c3ccccc3)c3ccccc3)CC2)ccc(Cl)c1Cl. The molecule has 0 radical (unpaired) electrons. The number of methoxy groups -OCH3 is 1. The molecule has 1 fully saturated rings. The van der Waals surface area contributed by atoms with Crippen molar-refractivity contribution in [2.75, 3.05) is 33.3 Å². The molecule has 1 aliphatic rings. The Hall–Kier alpha value is -2.09. The van der Waals surface area contributed by atoms with Gasteiger partial charge in [-0.05, 0) is 23.3 Å². The third-order valence-electron chi connectivity index (χ3n) is 5.70. The van der Waals surface area contributed by atoms with Crippen LogP contribution in [-0.2, 0) is 10.0 Å². The van der Waals surface area contributed by atoms with Crippen LogP contribution in [0, 0.1) is 0 Å². The van der Waals surface area contributed by atoms with Gasteiger partial charge in [0.1, 0.15) is 9.92 Å². The summed E-state index contributed by atoms with van der Waals surface area (Å²) in [4.78, 5) is 2.36. The van der Waals surface area contributed by atoms with Crippen molar-refractivity contribution in [2.24, 2.45) is 0 Å². The predicted octanol–water partition coefficient (Wildman–Crippen LogP) is 5.10. The largest absolute Gasteiger partial charge is 0.494 e. The van der Waals surface area contributed by atoms with E-state index >= 15 is 0 Å². The van der Waals surface area contributed by atoms with Gasteiger partial charge in [-0.15, -0.1) is 0 Å². The molecular formula is C24H24Cl2N2O3S. The van der Waals surface area contributed by atoms with Crippen LogP contribution in [0.15, 0.2) is 77.7 Å². The fraction of sp³-hybridized carbons (Fsp3) is 0.250. The minimum Gasteiger partial charge on any atom is -0.494 e. The number of benzene rings is 3. The maximum absolute atomic E-state index is 13.4. The average Bonchev–Trinajstić information content (AvgIpc) is 2.82. The van der Waals surface area contributed by atoms with Crippen molar-refractivity contribution in [1.29, 1.82) is 0 Å². The number of piperazine rings is 1. The van der Waals surface area contributed by atoms with Gasteiger partial charge in [-0.2, -0.15) is 4.31 Å². The van der Waals surface area contributed by atoms with Crippen LogP contribution in [0.4, 0.5) is 0 Å². The second-order valence-electron chi connectivity index (χ2n) is 7.56. The highest BCUT2D eigenvalue weighted by Gasteiger charge is 2.34. The number of ether oxygens (including phenoxy) is 1. The van der Waals surface area contributed by atoms with Crippen LogP contribution < -0.4 is 4.74 Å². The lowest BCUT2D eigenvalue weighted by Gasteiger charge is -2.39. The zero-order valence-electron chi connectivity index (χ0n) is 17.6. The monoisotopic (exact) mass is 490 g/mol. The molecule has 8 heteroatoms. The van der Waals surface area contributed by atoms with Gasteiger partial charge in [-0.3, -0.25) is 4.90 Å². The molecular weight excluding hydrogens is 467 g/mol. The maximum atomic E-state index is 13.4. The molecule has 4 rings (SSSR count). The third-order valence-corrected chi connectivity index (χ3v) is 8.41. The Morgan fingerprint density at radius 2 is 1.34 bits per heavy atom. The lowest BCUT2D eigenvalue weighted by Crippen LogP contribution is -2.49. The van der Waals surface area contributed by atoms with Crippen molar-refractivity contribution in [3.05, 3.63) is 94.0 Å². The molecule has 0 spiro atoms. The number of rotatable bonds is 6. The third kappa shape index (κ3) is 4.51. The average molecular weight is 491 g/mol. The molecule has 32 heavy (non-hydrogen) atoms. The topological polar surface area (TPSA) is 49.9 Å². The van der Waals surface area contributed by atoms with Gasteiger partial charge < -0.3 is 4.74 Å². The van der Waals surface area contributed by atoms with Gasteiger partial charge in [-0.1, -0.05) is 83.9 Å². The van der Waals surface area contributed by atoms with Crippen LogP contribution in [0.25, 0.3) is 0 Å². The first-order chi connectivity index (χ1) is 15.4. The van der Waals surface area contributed by atoms with Crippen molar-refractivity contribution >= 4 is 33.2 Å². The first-order valence-electron chi connectivity index (χ1n) is 10.3. The Labute approximate surface area is 199 Å². The minimum atomic E-state index is -3.78. The van der Waals surface area contributed by atoms with Crippen molar-refractivity contribution < 1.29 is 13.2 Å². The quantitative estimate of drug-likeness (QED) is 0.482. The number of halogens is 2. The zero-order valence-corrected chi connectivity index (χ0v) is 19.9. The van der Waals surface area contributed by atoms with Crippen molar-refractivity contribution in [3.63, 3.8) is 0 Å². The first-order valence-corrected chi connectivity index (χ1v) is 12.5. The van der Waals surface area contributed by atoms with Gasteiger partial charge in [0.15, 0.2) is 5.75 Å². The molecule has 168 valence electrons. The zero-order chi connectivity index (χ0) is 22.7. The van der Waals surface area contributed by atoms with Crippen LogP contribution >= 0.6 is 23.2 Å². The predicted molar refractivity (Wildman–Crippen MR) is 128 cm³/mol. The van der Waals surface area contributed by atoms with Crippen molar-refractivity contribution in [2.45, 2.75) is 10.9 Å². The van der Waals surface area contributed by atoms with Crippen LogP contribution in [0.5, 0.6) is 5.75 Å². The lowest BCUT2D eigenvalue weighted by atomic mass is 9.96. The van der Waals surface area contributed by atoms with E-state index in [1.165, 1.54) is 34.7 Å². The summed E-state index contributed by atoms with van der Waals surface area (Å²) < 4.78 is 33.5. The van der Waals surface area contributed by atoms with Crippen molar-refractivity contribution in [3.8, 4) is 5.75 Å². The molecule has 1 heterocycles. The standard InChI is InChI=1S/C24H24Cl2N2O3S/c1-31-24-21(13-12-20(25)22(24)26)32(29,30)28-16-14-27(15-17-28)23(18-8-4-2-5-9-18)19-10-6-3-7-11-19/h2-13,23H,14-17H2,1H3. The second kappa shape index (κ2) is 9.81. The maximum Gasteiger partial charge on any atom is 0.246 e. The van der Waals surface area contributed by atoms with Gasteiger partial charge >= 0.3 is 0 Å². The molecule has 0 saturated carbocycles. The number of sulfonamides is 1. The molecule has 0 bridgehead atoms. The Morgan fingerprint density at radius 1 is 0.812 bits per heavy atom. The summed E-state index contributed by atoms with van der Waals surface area (Å²) in [6.07, 6.45) is 0. The summed E-state index contributed by atoms with van der Waals surface area (Å²) in [6, 6.07) is 23.6. The van der Waals surface area contributed by atoms with E-state index in [-0.39, 0.29) is 26.7 Å². The van der Waals surface area contributed by atoms with E-state index in [1.807, 2.05) is 36.4 Å². The van der Waals surface area contributed by atoms with Gasteiger partial charge in [0.05, 0.1) is 18.2 Å². The van der Waals surface area contributed by atoms with Crippen LogP contribution in [0.1, 0.15) is 17.2 Å². The highest BCUT2D eigenvalue weighted by atomic mass is 35.5. The van der Waals surface area contributed by atoms with Gasteiger partial charge in [0, 0.05) is 26.2 Å². The number of nitrogens with zero attached hydrogens (tertiary/aromatic N) is 2. The summed E-state index contributed by atoms with van der Waals surface area (Å²) in [5.41, 5.74) is 2.36. The first kappa shape index (κ1) is 23.1. The molecule has 3 aromatic carbocycles. The summed E-state index contributed by atoms with van der Waals surface area (Å²) in [6.45, 7) is 1.92. The summed E-state index contributed by atoms with van der Waals surface area (Å²) in [5, 5.41) is 0.350. The molecule has 5 nitrogen and oxygen atoms in total. The van der Waals surface area contributed by atoms with Crippen molar-refractivity contribution in [1.82, 2.24) is 9.21 Å². The Morgan fingerprint density at radius 3 is 1.84 bits per heavy atom. The number of hydrogen-bond donors (Lipinski definition) is 0. The lowest BCUT2D eigenvalue weighted by molar-refractivity contribution is 0.155. The normalized spacial score (nSPS) is 15.8. The summed E-state index contributed by atoms with van der Waals surface area (Å²) in [5.74, 6) is 0.0769. The molecule has 0 amide bonds. The fourth-order valence-electron chi connectivity index (χ4n) is 4.13. The van der Waals surface area contributed by atoms with Crippen LogP contribution in [0.3, 0.4) is 0 Å². The van der Waals surface area contributed by atoms with E-state index in [4.69, 9.17) is 27.9 Å².